The molecular weight excluding hydrogens is 587 g/mol. The minimum absolute atomic E-state index is 0.857. The molecule has 0 aliphatic heterocycles. The molecule has 0 amide bonds. The fourth-order valence-electron chi connectivity index (χ4n) is 6.41. The van der Waals surface area contributed by atoms with Gasteiger partial charge in [-0.2, -0.15) is 0 Å². The van der Waals surface area contributed by atoms with Gasteiger partial charge in [-0.25, -0.2) is 0 Å². The first-order valence-corrected chi connectivity index (χ1v) is 16.0. The highest BCUT2D eigenvalue weighted by atomic mass is 16.3. The number of furan rings is 1. The first kappa shape index (κ1) is 27.8. The van der Waals surface area contributed by atoms with Crippen LogP contribution < -0.4 is 4.90 Å². The third-order valence-electron chi connectivity index (χ3n) is 8.93. The van der Waals surface area contributed by atoms with Gasteiger partial charge in [0.2, 0.25) is 0 Å². The Balaban J connectivity index is 1.09. The molecule has 0 spiro atoms. The average Bonchev–Trinajstić information content (AvgIpc) is 3.60. The van der Waals surface area contributed by atoms with Crippen molar-refractivity contribution in [1.29, 1.82) is 0 Å². The maximum atomic E-state index is 6.16. The van der Waals surface area contributed by atoms with Crippen LogP contribution in [0.4, 0.5) is 17.1 Å². The number of aromatic nitrogens is 2. The van der Waals surface area contributed by atoms with Gasteiger partial charge < -0.3 is 9.32 Å². The molecule has 0 radical (unpaired) electrons. The van der Waals surface area contributed by atoms with Gasteiger partial charge in [0.05, 0.1) is 11.0 Å². The smallest absolute Gasteiger partial charge is 0.135 e. The molecule has 4 heteroatoms. The van der Waals surface area contributed by atoms with Gasteiger partial charge in [0.1, 0.15) is 11.3 Å². The highest BCUT2D eigenvalue weighted by Gasteiger charge is 2.15. The molecule has 226 valence electrons. The lowest BCUT2D eigenvalue weighted by Crippen LogP contribution is -2.09. The Labute approximate surface area is 278 Å². The first-order valence-electron chi connectivity index (χ1n) is 16.0. The van der Waals surface area contributed by atoms with E-state index in [1.165, 1.54) is 0 Å². The Kier molecular flexibility index (Phi) is 6.76. The Morgan fingerprint density at radius 2 is 0.812 bits per heavy atom. The summed E-state index contributed by atoms with van der Waals surface area (Å²) in [5.41, 5.74) is 11.5. The molecule has 0 aliphatic rings. The molecular formula is C44H29N3O. The van der Waals surface area contributed by atoms with Crippen molar-refractivity contribution in [1.82, 2.24) is 9.97 Å². The van der Waals surface area contributed by atoms with Crippen molar-refractivity contribution < 1.29 is 4.42 Å². The van der Waals surface area contributed by atoms with E-state index in [9.17, 15) is 0 Å². The number of benzene rings is 6. The third kappa shape index (κ3) is 5.16. The molecule has 0 fully saturated rings. The van der Waals surface area contributed by atoms with Crippen molar-refractivity contribution in [3.8, 4) is 33.6 Å². The maximum absolute atomic E-state index is 6.16. The van der Waals surface area contributed by atoms with Gasteiger partial charge in [-0.3, -0.25) is 9.97 Å². The largest absolute Gasteiger partial charge is 0.456 e. The Bertz CT molecular complexity index is 2390. The summed E-state index contributed by atoms with van der Waals surface area (Å²) in [4.78, 5) is 11.7. The van der Waals surface area contributed by atoms with Crippen molar-refractivity contribution in [3.05, 3.63) is 176 Å². The molecule has 4 nitrogen and oxygen atoms in total. The number of anilines is 3. The average molecular weight is 616 g/mol. The van der Waals surface area contributed by atoms with Crippen LogP contribution in [0.5, 0.6) is 0 Å². The van der Waals surface area contributed by atoms with E-state index in [1.807, 2.05) is 54.9 Å². The van der Waals surface area contributed by atoms with Gasteiger partial charge >= 0.3 is 0 Å². The second kappa shape index (κ2) is 11.7. The topological polar surface area (TPSA) is 42.2 Å². The van der Waals surface area contributed by atoms with E-state index >= 15 is 0 Å². The molecule has 9 aromatic rings. The summed E-state index contributed by atoms with van der Waals surface area (Å²) in [7, 11) is 0. The second-order valence-electron chi connectivity index (χ2n) is 12.0. The van der Waals surface area contributed by atoms with Gasteiger partial charge in [-0.15, -0.1) is 0 Å². The molecule has 0 aliphatic carbocycles. The van der Waals surface area contributed by atoms with Crippen LogP contribution in [0.2, 0.25) is 0 Å². The number of rotatable bonds is 6. The highest BCUT2D eigenvalue weighted by Crippen LogP contribution is 2.38. The summed E-state index contributed by atoms with van der Waals surface area (Å²) in [5.74, 6) is 0.857. The van der Waals surface area contributed by atoms with Crippen LogP contribution in [0.3, 0.4) is 0 Å². The number of para-hydroxylation sites is 3. The van der Waals surface area contributed by atoms with Gasteiger partial charge in [0, 0.05) is 62.3 Å². The quantitative estimate of drug-likeness (QED) is 0.187. The van der Waals surface area contributed by atoms with Crippen LogP contribution in [0, 0.1) is 0 Å². The third-order valence-corrected chi connectivity index (χ3v) is 8.93. The molecule has 0 unspecified atom stereocenters. The van der Waals surface area contributed by atoms with E-state index in [4.69, 9.17) is 4.42 Å². The van der Waals surface area contributed by atoms with Crippen molar-refractivity contribution in [2.24, 2.45) is 0 Å². The standard InChI is InChI=1S/C44H29N3O/c1-4-10-41-33(7-1)25-36(28-45-41)30-13-19-38(20-14-30)47(40-23-17-32(18-24-40)44-27-35-9-3-6-12-43(35)48-44)39-21-15-31(16-22-39)37-26-34-8-2-5-11-42(34)46-29-37/h1-29H. The van der Waals surface area contributed by atoms with Gasteiger partial charge in [0.15, 0.2) is 0 Å². The van der Waals surface area contributed by atoms with E-state index in [0.717, 1.165) is 83.4 Å². The molecule has 6 aromatic carbocycles. The highest BCUT2D eigenvalue weighted by molar-refractivity contribution is 5.87. The molecule has 0 N–H and O–H groups in total. The van der Waals surface area contributed by atoms with Crippen LogP contribution in [-0.4, -0.2) is 9.97 Å². The number of hydrogen-bond acceptors (Lipinski definition) is 4. The van der Waals surface area contributed by atoms with Crippen LogP contribution in [0.25, 0.3) is 66.4 Å². The Morgan fingerprint density at radius 3 is 1.31 bits per heavy atom. The minimum atomic E-state index is 0.857. The zero-order valence-corrected chi connectivity index (χ0v) is 26.0. The lowest BCUT2D eigenvalue weighted by molar-refractivity contribution is 0.631. The van der Waals surface area contributed by atoms with Crippen LogP contribution in [-0.2, 0) is 0 Å². The van der Waals surface area contributed by atoms with Crippen molar-refractivity contribution in [2.45, 2.75) is 0 Å². The van der Waals surface area contributed by atoms with Crippen molar-refractivity contribution >= 4 is 49.8 Å². The fourth-order valence-corrected chi connectivity index (χ4v) is 6.41. The van der Waals surface area contributed by atoms with Gasteiger partial charge in [-0.05, 0) is 96.1 Å². The fraction of sp³-hybridized carbons (Fsp3) is 0. The molecule has 3 aromatic heterocycles. The lowest BCUT2D eigenvalue weighted by Gasteiger charge is -2.26. The lowest BCUT2D eigenvalue weighted by atomic mass is 10.0. The number of hydrogen-bond donors (Lipinski definition) is 0. The van der Waals surface area contributed by atoms with Gasteiger partial charge in [0.25, 0.3) is 0 Å². The molecule has 0 bridgehead atoms. The number of fused-ring (bicyclic) bond motifs is 3. The monoisotopic (exact) mass is 615 g/mol. The predicted molar refractivity (Wildman–Crippen MR) is 198 cm³/mol. The molecule has 48 heavy (non-hydrogen) atoms. The summed E-state index contributed by atoms with van der Waals surface area (Å²) in [5, 5.41) is 3.36. The van der Waals surface area contributed by atoms with Crippen LogP contribution in [0.1, 0.15) is 0 Å². The summed E-state index contributed by atoms with van der Waals surface area (Å²) < 4.78 is 6.16. The molecule has 0 saturated heterocycles. The molecule has 0 atom stereocenters. The zero-order chi connectivity index (χ0) is 31.9. The zero-order valence-electron chi connectivity index (χ0n) is 26.0. The van der Waals surface area contributed by atoms with E-state index in [-0.39, 0.29) is 0 Å². The minimum Gasteiger partial charge on any atom is -0.456 e. The van der Waals surface area contributed by atoms with Crippen LogP contribution >= 0.6 is 0 Å². The second-order valence-corrected chi connectivity index (χ2v) is 12.0. The van der Waals surface area contributed by atoms with Crippen molar-refractivity contribution in [3.63, 3.8) is 0 Å². The summed E-state index contributed by atoms with van der Waals surface area (Å²) in [6.45, 7) is 0. The SMILES string of the molecule is c1ccc2ncc(-c3ccc(N(c4ccc(-c5cnc6ccccc6c5)cc4)c4ccc(-c5cc6ccccc6o5)cc4)cc3)cc2c1. The number of pyridine rings is 2. The first-order chi connectivity index (χ1) is 23.7. The van der Waals surface area contributed by atoms with E-state index in [0.29, 0.717) is 0 Å². The summed E-state index contributed by atoms with van der Waals surface area (Å²) in [6, 6.07) is 57.0. The predicted octanol–water partition coefficient (Wildman–Crippen LogP) is 12.0. The Morgan fingerprint density at radius 1 is 0.375 bits per heavy atom. The molecule has 3 heterocycles. The van der Waals surface area contributed by atoms with Crippen LogP contribution in [0.15, 0.2) is 181 Å². The molecule has 9 rings (SSSR count). The summed E-state index contributed by atoms with van der Waals surface area (Å²) >= 11 is 0. The maximum Gasteiger partial charge on any atom is 0.135 e. The van der Waals surface area contributed by atoms with Gasteiger partial charge in [-0.1, -0.05) is 78.9 Å². The Hall–Kier alpha value is -6.52. The normalized spacial score (nSPS) is 11.3. The summed E-state index contributed by atoms with van der Waals surface area (Å²) in [6.07, 6.45) is 3.90. The van der Waals surface area contributed by atoms with Crippen molar-refractivity contribution in [2.75, 3.05) is 4.90 Å². The van der Waals surface area contributed by atoms with E-state index < -0.39 is 0 Å². The van der Waals surface area contributed by atoms with E-state index in [2.05, 4.69) is 136 Å². The van der Waals surface area contributed by atoms with E-state index in [1.54, 1.807) is 0 Å². The number of nitrogens with zero attached hydrogens (tertiary/aromatic N) is 3. The molecule has 0 saturated carbocycles.